The van der Waals surface area contributed by atoms with E-state index in [4.69, 9.17) is 4.74 Å². The minimum absolute atomic E-state index is 0.0822. The SMILES string of the molecule is Cc1ccc(OC[C@H]2c3ccsc3CCN2C(=O)CN(CC(C)C)C[C@H](C)O)cc1. The zero-order chi connectivity index (χ0) is 21.7. The van der Waals surface area contributed by atoms with E-state index in [1.165, 1.54) is 16.0 Å². The van der Waals surface area contributed by atoms with Crippen molar-refractivity contribution in [1.82, 2.24) is 9.80 Å². The number of thiophene rings is 1. The zero-order valence-corrected chi connectivity index (χ0v) is 19.3. The predicted octanol–water partition coefficient (Wildman–Crippen LogP) is 3.90. The number of aliphatic hydroxyl groups excluding tert-OH is 1. The van der Waals surface area contributed by atoms with E-state index < -0.39 is 6.10 Å². The van der Waals surface area contributed by atoms with Gasteiger partial charge >= 0.3 is 0 Å². The summed E-state index contributed by atoms with van der Waals surface area (Å²) >= 11 is 1.76. The Morgan fingerprint density at radius 1 is 1.23 bits per heavy atom. The van der Waals surface area contributed by atoms with Crippen LogP contribution in [-0.4, -0.2) is 59.7 Å². The minimum atomic E-state index is -0.456. The first-order chi connectivity index (χ1) is 14.3. The highest BCUT2D eigenvalue weighted by Crippen LogP contribution is 2.34. The second-order valence-corrected chi connectivity index (χ2v) is 9.71. The van der Waals surface area contributed by atoms with Crippen LogP contribution in [0.15, 0.2) is 35.7 Å². The molecule has 0 saturated carbocycles. The van der Waals surface area contributed by atoms with Gasteiger partial charge < -0.3 is 14.7 Å². The second kappa shape index (κ2) is 10.4. The zero-order valence-electron chi connectivity index (χ0n) is 18.5. The van der Waals surface area contributed by atoms with E-state index in [0.29, 0.717) is 32.2 Å². The average molecular weight is 431 g/mol. The summed E-state index contributed by atoms with van der Waals surface area (Å²) in [6, 6.07) is 10.1. The van der Waals surface area contributed by atoms with E-state index in [1.54, 1.807) is 18.3 Å². The molecule has 0 spiro atoms. The van der Waals surface area contributed by atoms with E-state index >= 15 is 0 Å². The van der Waals surface area contributed by atoms with Crippen LogP contribution >= 0.6 is 11.3 Å². The molecule has 5 nitrogen and oxygen atoms in total. The number of amides is 1. The maximum absolute atomic E-state index is 13.3. The third-order valence-electron chi connectivity index (χ3n) is 5.35. The van der Waals surface area contributed by atoms with Crippen molar-refractivity contribution in [2.45, 2.75) is 46.3 Å². The van der Waals surface area contributed by atoms with Gasteiger partial charge in [-0.25, -0.2) is 0 Å². The molecule has 0 bridgehead atoms. The Kier molecular flexibility index (Phi) is 7.92. The molecule has 0 fully saturated rings. The number of aryl methyl sites for hydroxylation is 1. The molecule has 0 saturated heterocycles. The van der Waals surface area contributed by atoms with Crippen LogP contribution in [0.1, 0.15) is 42.8 Å². The number of hydrogen-bond acceptors (Lipinski definition) is 5. The van der Waals surface area contributed by atoms with Gasteiger partial charge in [-0.1, -0.05) is 31.5 Å². The lowest BCUT2D eigenvalue weighted by Gasteiger charge is -2.37. The van der Waals surface area contributed by atoms with Crippen molar-refractivity contribution >= 4 is 17.2 Å². The van der Waals surface area contributed by atoms with Crippen molar-refractivity contribution in [3.63, 3.8) is 0 Å². The molecule has 164 valence electrons. The van der Waals surface area contributed by atoms with Crippen molar-refractivity contribution in [3.8, 4) is 5.75 Å². The smallest absolute Gasteiger partial charge is 0.237 e. The number of benzene rings is 1. The Hall–Kier alpha value is -1.89. The van der Waals surface area contributed by atoms with E-state index in [1.807, 2.05) is 29.2 Å². The second-order valence-electron chi connectivity index (χ2n) is 8.71. The number of hydrogen-bond donors (Lipinski definition) is 1. The van der Waals surface area contributed by atoms with Gasteiger partial charge in [0.25, 0.3) is 0 Å². The topological polar surface area (TPSA) is 53.0 Å². The predicted molar refractivity (Wildman–Crippen MR) is 122 cm³/mol. The van der Waals surface area contributed by atoms with Crippen LogP contribution in [0.25, 0.3) is 0 Å². The van der Waals surface area contributed by atoms with Crippen molar-refractivity contribution < 1.29 is 14.6 Å². The van der Waals surface area contributed by atoms with Gasteiger partial charge in [-0.05, 0) is 55.3 Å². The molecule has 3 rings (SSSR count). The summed E-state index contributed by atoms with van der Waals surface area (Å²) in [6.07, 6.45) is 0.433. The first-order valence-corrected chi connectivity index (χ1v) is 11.7. The summed E-state index contributed by atoms with van der Waals surface area (Å²) in [5.41, 5.74) is 2.40. The quantitative estimate of drug-likeness (QED) is 0.656. The lowest BCUT2D eigenvalue weighted by atomic mass is 10.00. The molecule has 2 heterocycles. The molecule has 0 unspecified atom stereocenters. The Morgan fingerprint density at radius 2 is 1.97 bits per heavy atom. The van der Waals surface area contributed by atoms with Crippen LogP contribution < -0.4 is 4.74 Å². The van der Waals surface area contributed by atoms with Crippen LogP contribution in [-0.2, 0) is 11.2 Å². The molecule has 0 aliphatic carbocycles. The number of rotatable bonds is 9. The van der Waals surface area contributed by atoms with Crippen molar-refractivity contribution in [3.05, 3.63) is 51.7 Å². The van der Waals surface area contributed by atoms with Crippen LogP contribution in [0.3, 0.4) is 0 Å². The fourth-order valence-corrected chi connectivity index (χ4v) is 4.99. The van der Waals surface area contributed by atoms with E-state index in [0.717, 1.165) is 18.7 Å². The Morgan fingerprint density at radius 3 is 2.63 bits per heavy atom. The molecule has 1 aliphatic rings. The normalized spacial score (nSPS) is 17.3. The summed E-state index contributed by atoms with van der Waals surface area (Å²) in [4.78, 5) is 18.7. The largest absolute Gasteiger partial charge is 0.491 e. The number of fused-ring (bicyclic) bond motifs is 1. The highest BCUT2D eigenvalue weighted by atomic mass is 32.1. The van der Waals surface area contributed by atoms with Crippen molar-refractivity contribution in [1.29, 1.82) is 0 Å². The average Bonchev–Trinajstić information content (AvgIpc) is 3.15. The van der Waals surface area contributed by atoms with Gasteiger partial charge in [0.2, 0.25) is 5.91 Å². The molecular formula is C24H34N2O3S. The number of ether oxygens (including phenoxy) is 1. The van der Waals surface area contributed by atoms with Gasteiger partial charge in [0.15, 0.2) is 0 Å². The van der Waals surface area contributed by atoms with Gasteiger partial charge in [-0.2, -0.15) is 0 Å². The summed E-state index contributed by atoms with van der Waals surface area (Å²) in [5, 5.41) is 12.0. The third-order valence-corrected chi connectivity index (χ3v) is 6.35. The molecule has 1 N–H and O–H groups in total. The van der Waals surface area contributed by atoms with E-state index in [-0.39, 0.29) is 11.9 Å². The van der Waals surface area contributed by atoms with Crippen LogP contribution in [0.5, 0.6) is 5.75 Å². The monoisotopic (exact) mass is 430 g/mol. The molecular weight excluding hydrogens is 396 g/mol. The number of nitrogens with zero attached hydrogens (tertiary/aromatic N) is 2. The number of carbonyl (C=O) groups excluding carboxylic acids is 1. The van der Waals surface area contributed by atoms with Crippen LogP contribution in [0.2, 0.25) is 0 Å². The third kappa shape index (κ3) is 6.06. The number of aliphatic hydroxyl groups is 1. The molecule has 2 aromatic rings. The lowest BCUT2D eigenvalue weighted by molar-refractivity contribution is -0.136. The van der Waals surface area contributed by atoms with E-state index in [2.05, 4.69) is 37.1 Å². The van der Waals surface area contributed by atoms with Gasteiger partial charge in [0.05, 0.1) is 18.7 Å². The molecule has 2 atom stereocenters. The Balaban J connectivity index is 1.73. The molecule has 1 aromatic heterocycles. The summed E-state index contributed by atoms with van der Waals surface area (Å²) in [5.74, 6) is 1.36. The fourth-order valence-electron chi connectivity index (χ4n) is 4.06. The van der Waals surface area contributed by atoms with Gasteiger partial charge in [0, 0.05) is 24.5 Å². The molecule has 30 heavy (non-hydrogen) atoms. The molecule has 0 radical (unpaired) electrons. The maximum atomic E-state index is 13.3. The van der Waals surface area contributed by atoms with Crippen molar-refractivity contribution in [2.24, 2.45) is 5.92 Å². The molecule has 1 aliphatic heterocycles. The van der Waals surface area contributed by atoms with Crippen LogP contribution in [0.4, 0.5) is 0 Å². The first-order valence-electron chi connectivity index (χ1n) is 10.8. The summed E-state index contributed by atoms with van der Waals surface area (Å²) in [6.45, 7) is 10.9. The molecule has 6 heteroatoms. The number of carbonyl (C=O) groups is 1. The Labute approximate surface area is 184 Å². The maximum Gasteiger partial charge on any atom is 0.237 e. The highest BCUT2D eigenvalue weighted by Gasteiger charge is 2.33. The fraction of sp³-hybridized carbons (Fsp3) is 0.542. The highest BCUT2D eigenvalue weighted by molar-refractivity contribution is 7.10. The minimum Gasteiger partial charge on any atom is -0.491 e. The van der Waals surface area contributed by atoms with Gasteiger partial charge in [-0.15, -0.1) is 11.3 Å². The molecule has 1 amide bonds. The standard InChI is InChI=1S/C24H34N2O3S/c1-17(2)13-25(14-19(4)27)15-24(28)26-11-9-23-21(10-12-30-23)22(26)16-29-20-7-5-18(3)6-8-20/h5-8,10,12,17,19,22,27H,9,11,13-16H2,1-4H3/t19-,22-/m0/s1. The van der Waals surface area contributed by atoms with Crippen molar-refractivity contribution in [2.75, 3.05) is 32.8 Å². The lowest BCUT2D eigenvalue weighted by Crippen LogP contribution is -2.48. The molecule has 1 aromatic carbocycles. The summed E-state index contributed by atoms with van der Waals surface area (Å²) in [7, 11) is 0. The Bertz CT molecular complexity index is 806. The van der Waals surface area contributed by atoms with Gasteiger partial charge in [-0.3, -0.25) is 9.69 Å². The van der Waals surface area contributed by atoms with Gasteiger partial charge in [0.1, 0.15) is 12.4 Å². The summed E-state index contributed by atoms with van der Waals surface area (Å²) < 4.78 is 6.10. The van der Waals surface area contributed by atoms with Crippen LogP contribution in [0, 0.1) is 12.8 Å². The van der Waals surface area contributed by atoms with E-state index in [9.17, 15) is 9.90 Å². The first kappa shape index (κ1) is 22.8.